The summed E-state index contributed by atoms with van der Waals surface area (Å²) in [4.78, 5) is 0. The molecule has 1 N–H and O–H groups in total. The number of hydrogen-bond acceptors (Lipinski definition) is 5. The first-order valence-electron chi connectivity index (χ1n) is 11.5. The largest absolute Gasteiger partial charge is 1.00 e. The molecule has 1 saturated carbocycles. The van der Waals surface area contributed by atoms with Gasteiger partial charge in [-0.2, -0.15) is 0 Å². The third-order valence-corrected chi connectivity index (χ3v) is 6.17. The second-order valence-corrected chi connectivity index (χ2v) is 9.86. The summed E-state index contributed by atoms with van der Waals surface area (Å²) in [5.74, 6) is 1.95. The number of unbranched alkanes of at least 4 members (excludes halogenated alkanes) is 9. The molecular formula is C22H45NaO5S. The second kappa shape index (κ2) is 19.5. The Kier molecular flexibility index (Phi) is 21.5. The van der Waals surface area contributed by atoms with E-state index in [0.29, 0.717) is 18.3 Å². The molecular weight excluding hydrogens is 399 g/mol. The molecule has 0 spiro atoms. The summed E-state index contributed by atoms with van der Waals surface area (Å²) in [7, 11) is -4.48. The second-order valence-electron chi connectivity index (χ2n) is 8.81. The smallest absolute Gasteiger partial charge is 0.726 e. The van der Waals surface area contributed by atoms with Crippen molar-refractivity contribution >= 4 is 10.4 Å². The van der Waals surface area contributed by atoms with Crippen LogP contribution in [0.2, 0.25) is 0 Å². The normalized spacial score (nSPS) is 22.0. The van der Waals surface area contributed by atoms with Crippen LogP contribution in [0.15, 0.2) is 0 Å². The van der Waals surface area contributed by atoms with Crippen LogP contribution >= 0.6 is 0 Å². The van der Waals surface area contributed by atoms with E-state index in [4.69, 9.17) is 0 Å². The van der Waals surface area contributed by atoms with Gasteiger partial charge in [0.2, 0.25) is 10.4 Å². The van der Waals surface area contributed by atoms with Crippen molar-refractivity contribution in [3.8, 4) is 0 Å². The van der Waals surface area contributed by atoms with E-state index in [-0.39, 0.29) is 42.3 Å². The SMILES string of the molecule is CC1CCC(C(C)C)C(O)C1.CCCCCCCCCCCCOS(=O)(=O)[O-].[Na+]. The van der Waals surface area contributed by atoms with Crippen LogP contribution in [0.25, 0.3) is 0 Å². The van der Waals surface area contributed by atoms with E-state index in [0.717, 1.165) is 25.2 Å². The van der Waals surface area contributed by atoms with E-state index < -0.39 is 10.4 Å². The fraction of sp³-hybridized carbons (Fsp3) is 1.00. The first-order valence-corrected chi connectivity index (χ1v) is 12.8. The standard InChI is InChI=1S/C12H26O4S.C10H20O.Na/c1-2-3-4-5-6-7-8-9-10-11-12-16-17(13,14)15;1-7(2)9-5-4-8(3)6-10(9)11;/h2-12H2,1H3,(H,13,14,15);7-11H,4-6H2,1-3H3;/q;;+1/p-1. The van der Waals surface area contributed by atoms with Gasteiger partial charge in [-0.15, -0.1) is 0 Å². The van der Waals surface area contributed by atoms with Crippen LogP contribution in [0.4, 0.5) is 0 Å². The topological polar surface area (TPSA) is 86.7 Å². The Hall–Kier alpha value is 0.830. The predicted octanol–water partition coefficient (Wildman–Crippen LogP) is 2.83. The number of rotatable bonds is 13. The van der Waals surface area contributed by atoms with Crippen LogP contribution < -0.4 is 29.6 Å². The average Bonchev–Trinajstić information content (AvgIpc) is 2.59. The van der Waals surface area contributed by atoms with Gasteiger partial charge in [-0.05, 0) is 37.0 Å². The number of aliphatic hydroxyl groups is 1. The molecule has 1 rings (SSSR count). The van der Waals surface area contributed by atoms with Crippen molar-refractivity contribution in [1.29, 1.82) is 0 Å². The van der Waals surface area contributed by atoms with Gasteiger partial charge in [-0.3, -0.25) is 4.18 Å². The summed E-state index contributed by atoms with van der Waals surface area (Å²) < 4.78 is 34.5. The molecule has 0 radical (unpaired) electrons. The van der Waals surface area contributed by atoms with E-state index in [9.17, 15) is 18.1 Å². The van der Waals surface area contributed by atoms with Crippen LogP contribution in [0.5, 0.6) is 0 Å². The number of hydrogen-bond donors (Lipinski definition) is 1. The summed E-state index contributed by atoms with van der Waals surface area (Å²) in [5, 5.41) is 9.71. The Morgan fingerprint density at radius 3 is 1.86 bits per heavy atom. The molecule has 0 bridgehead atoms. The van der Waals surface area contributed by atoms with Gasteiger partial charge in [0.25, 0.3) is 0 Å². The fourth-order valence-corrected chi connectivity index (χ4v) is 4.22. The van der Waals surface area contributed by atoms with Crippen molar-refractivity contribution in [2.45, 2.75) is 117 Å². The monoisotopic (exact) mass is 444 g/mol. The first kappa shape index (κ1) is 32.0. The van der Waals surface area contributed by atoms with Gasteiger partial charge in [0, 0.05) is 0 Å². The minimum absolute atomic E-state index is 0. The molecule has 0 aliphatic heterocycles. The van der Waals surface area contributed by atoms with E-state index >= 15 is 0 Å². The fourth-order valence-electron chi connectivity index (χ4n) is 3.90. The van der Waals surface area contributed by atoms with Crippen LogP contribution in [-0.2, 0) is 14.6 Å². The first-order chi connectivity index (χ1) is 13.2. The number of aliphatic hydroxyl groups excluding tert-OH is 1. The minimum Gasteiger partial charge on any atom is -0.726 e. The van der Waals surface area contributed by atoms with Crippen molar-refractivity contribution in [3.63, 3.8) is 0 Å². The quantitative estimate of drug-likeness (QED) is 0.204. The van der Waals surface area contributed by atoms with Crippen LogP contribution in [0.3, 0.4) is 0 Å². The predicted molar refractivity (Wildman–Crippen MR) is 115 cm³/mol. The maximum Gasteiger partial charge on any atom is 1.00 e. The maximum atomic E-state index is 10.1. The van der Waals surface area contributed by atoms with Gasteiger partial charge in [0.1, 0.15) is 0 Å². The zero-order valence-corrected chi connectivity index (χ0v) is 22.5. The van der Waals surface area contributed by atoms with E-state index in [1.165, 1.54) is 57.8 Å². The third kappa shape index (κ3) is 20.5. The molecule has 0 amide bonds. The summed E-state index contributed by atoms with van der Waals surface area (Å²) in [6, 6.07) is 0. The molecule has 1 fully saturated rings. The van der Waals surface area contributed by atoms with Gasteiger partial charge in [-0.1, -0.05) is 91.9 Å². The van der Waals surface area contributed by atoms with Crippen molar-refractivity contribution in [2.75, 3.05) is 6.61 Å². The van der Waals surface area contributed by atoms with E-state index in [1.54, 1.807) is 0 Å². The van der Waals surface area contributed by atoms with Crippen molar-refractivity contribution in [2.24, 2.45) is 17.8 Å². The van der Waals surface area contributed by atoms with Crippen molar-refractivity contribution in [3.05, 3.63) is 0 Å². The molecule has 170 valence electrons. The summed E-state index contributed by atoms with van der Waals surface area (Å²) in [6.07, 6.45) is 15.2. The summed E-state index contributed by atoms with van der Waals surface area (Å²) >= 11 is 0. The molecule has 3 atom stereocenters. The summed E-state index contributed by atoms with van der Waals surface area (Å²) in [5.41, 5.74) is 0. The van der Waals surface area contributed by atoms with Gasteiger partial charge in [0.15, 0.2) is 0 Å². The molecule has 0 aromatic carbocycles. The Bertz CT molecular complexity index is 456. The Balaban J connectivity index is 0. The molecule has 1 aliphatic rings. The van der Waals surface area contributed by atoms with E-state index in [1.807, 2.05) is 0 Å². The Morgan fingerprint density at radius 2 is 1.45 bits per heavy atom. The van der Waals surface area contributed by atoms with Gasteiger partial charge in [-0.25, -0.2) is 8.42 Å². The molecule has 0 heterocycles. The average molecular weight is 445 g/mol. The van der Waals surface area contributed by atoms with Crippen molar-refractivity contribution in [1.82, 2.24) is 0 Å². The molecule has 7 heteroatoms. The van der Waals surface area contributed by atoms with E-state index in [2.05, 4.69) is 31.9 Å². The molecule has 0 aromatic rings. The summed E-state index contributed by atoms with van der Waals surface area (Å²) in [6.45, 7) is 8.90. The van der Waals surface area contributed by atoms with Crippen LogP contribution in [-0.4, -0.2) is 30.8 Å². The zero-order chi connectivity index (χ0) is 21.4. The molecule has 1 aliphatic carbocycles. The maximum absolute atomic E-state index is 10.1. The van der Waals surface area contributed by atoms with Crippen LogP contribution in [0.1, 0.15) is 111 Å². The van der Waals surface area contributed by atoms with Gasteiger partial charge < -0.3 is 9.66 Å². The molecule has 29 heavy (non-hydrogen) atoms. The Morgan fingerprint density at radius 1 is 0.966 bits per heavy atom. The molecule has 0 aromatic heterocycles. The van der Waals surface area contributed by atoms with Crippen LogP contribution in [0, 0.1) is 17.8 Å². The molecule has 0 saturated heterocycles. The Labute approximate surface area is 203 Å². The molecule has 3 unspecified atom stereocenters. The van der Waals surface area contributed by atoms with Gasteiger partial charge in [0.05, 0.1) is 12.7 Å². The van der Waals surface area contributed by atoms with Crippen molar-refractivity contribution < 1.29 is 51.8 Å². The van der Waals surface area contributed by atoms with Gasteiger partial charge >= 0.3 is 29.6 Å². The molecule has 5 nitrogen and oxygen atoms in total. The third-order valence-electron chi connectivity index (χ3n) is 5.71. The minimum atomic E-state index is -4.48. The zero-order valence-electron chi connectivity index (χ0n) is 19.7.